The van der Waals surface area contributed by atoms with Crippen molar-refractivity contribution in [3.63, 3.8) is 0 Å². The van der Waals surface area contributed by atoms with Crippen LogP contribution in [0.4, 0.5) is 32.0 Å². The maximum absolute atomic E-state index is 13.7. The van der Waals surface area contributed by atoms with Gasteiger partial charge in [0.2, 0.25) is 5.91 Å². The first kappa shape index (κ1) is 21.9. The summed E-state index contributed by atoms with van der Waals surface area (Å²) in [7, 11) is 0. The molecule has 0 aliphatic carbocycles. The summed E-state index contributed by atoms with van der Waals surface area (Å²) in [6.07, 6.45) is -10.6. The smallest absolute Gasteiger partial charge is 0.441 e. The number of nitrogens with one attached hydrogen (secondary N) is 2. The van der Waals surface area contributed by atoms with Crippen molar-refractivity contribution in [3.8, 4) is 0 Å². The van der Waals surface area contributed by atoms with Crippen LogP contribution in [0.1, 0.15) is 12.5 Å². The standard InChI is InChI=1S/C14H13ClF6N2O3/c1-2-26-11(25)12(14(19,20)21,23-10(24)7-15)22-9-6-4-3-5-8(9)13(16,17)18/h3-6,22H,2,7H2,1H3,(H,23,24)/t12-/m0/s1. The van der Waals surface area contributed by atoms with Gasteiger partial charge in [-0.05, 0) is 19.1 Å². The molecule has 0 aromatic heterocycles. The van der Waals surface area contributed by atoms with E-state index >= 15 is 0 Å². The Labute approximate surface area is 148 Å². The van der Waals surface area contributed by atoms with Gasteiger partial charge in [0, 0.05) is 5.69 Å². The molecule has 1 atom stereocenters. The van der Waals surface area contributed by atoms with Crippen molar-refractivity contribution in [2.75, 3.05) is 17.8 Å². The van der Waals surface area contributed by atoms with Gasteiger partial charge >= 0.3 is 24.0 Å². The van der Waals surface area contributed by atoms with Crippen molar-refractivity contribution in [2.24, 2.45) is 0 Å². The number of rotatable bonds is 6. The normalized spacial score (nSPS) is 14.3. The molecule has 0 aliphatic heterocycles. The highest BCUT2D eigenvalue weighted by Gasteiger charge is 2.64. The van der Waals surface area contributed by atoms with E-state index in [0.717, 1.165) is 12.1 Å². The average molecular weight is 407 g/mol. The Bertz CT molecular complexity index is 665. The van der Waals surface area contributed by atoms with Crippen LogP contribution in [0.15, 0.2) is 24.3 Å². The molecule has 26 heavy (non-hydrogen) atoms. The summed E-state index contributed by atoms with van der Waals surface area (Å²) in [5, 5.41) is 2.73. The average Bonchev–Trinajstić information content (AvgIpc) is 2.52. The summed E-state index contributed by atoms with van der Waals surface area (Å²) in [5.74, 6) is -4.46. The fourth-order valence-electron chi connectivity index (χ4n) is 1.91. The van der Waals surface area contributed by atoms with Crippen molar-refractivity contribution in [1.29, 1.82) is 0 Å². The highest BCUT2D eigenvalue weighted by atomic mass is 35.5. The van der Waals surface area contributed by atoms with E-state index in [-0.39, 0.29) is 0 Å². The first-order valence-corrected chi connectivity index (χ1v) is 7.47. The highest BCUT2D eigenvalue weighted by molar-refractivity contribution is 6.27. The molecule has 1 amide bonds. The zero-order chi connectivity index (χ0) is 20.2. The SMILES string of the molecule is CCOC(=O)[C@@](NC(=O)CCl)(Nc1ccccc1C(F)(F)F)C(F)(F)F. The lowest BCUT2D eigenvalue weighted by atomic mass is 10.1. The quantitative estimate of drug-likeness (QED) is 0.329. The molecule has 0 aliphatic rings. The fraction of sp³-hybridized carbons (Fsp3) is 0.429. The molecule has 0 fully saturated rings. The van der Waals surface area contributed by atoms with Crippen LogP contribution in [0.2, 0.25) is 0 Å². The predicted octanol–water partition coefficient (Wildman–Crippen LogP) is 3.29. The second kappa shape index (κ2) is 8.02. The largest absolute Gasteiger partial charge is 0.463 e. The fourth-order valence-corrected chi connectivity index (χ4v) is 1.98. The molecule has 0 unspecified atom stereocenters. The first-order valence-electron chi connectivity index (χ1n) is 6.94. The molecule has 0 bridgehead atoms. The van der Waals surface area contributed by atoms with Crippen LogP contribution >= 0.6 is 11.6 Å². The lowest BCUT2D eigenvalue weighted by Gasteiger charge is -2.35. The molecule has 0 saturated carbocycles. The van der Waals surface area contributed by atoms with Crippen molar-refractivity contribution in [3.05, 3.63) is 29.8 Å². The second-order valence-electron chi connectivity index (χ2n) is 4.82. The Morgan fingerprint density at radius 2 is 1.69 bits per heavy atom. The number of carbonyl (C=O) groups is 2. The molecule has 0 heterocycles. The molecule has 146 valence electrons. The summed E-state index contributed by atoms with van der Waals surface area (Å²) in [4.78, 5) is 23.4. The van der Waals surface area contributed by atoms with Crippen LogP contribution in [0.5, 0.6) is 0 Å². The topological polar surface area (TPSA) is 67.4 Å². The summed E-state index contributed by atoms with van der Waals surface area (Å²) in [6, 6.07) is 3.16. The van der Waals surface area contributed by atoms with E-state index in [9.17, 15) is 35.9 Å². The van der Waals surface area contributed by atoms with E-state index in [1.807, 2.05) is 0 Å². The number of halogens is 7. The number of hydrogen-bond donors (Lipinski definition) is 2. The van der Waals surface area contributed by atoms with Crippen LogP contribution in [0.3, 0.4) is 0 Å². The summed E-state index contributed by atoms with van der Waals surface area (Å²) in [5.41, 5.74) is -6.52. The Hall–Kier alpha value is -2.17. The summed E-state index contributed by atoms with van der Waals surface area (Å²) < 4.78 is 84.4. The third-order valence-corrected chi connectivity index (χ3v) is 3.25. The van der Waals surface area contributed by atoms with E-state index < -0.39 is 53.6 Å². The zero-order valence-corrected chi connectivity index (χ0v) is 13.9. The van der Waals surface area contributed by atoms with Gasteiger partial charge in [0.25, 0.3) is 0 Å². The third kappa shape index (κ3) is 4.71. The minimum Gasteiger partial charge on any atom is -0.463 e. The minimum absolute atomic E-state index is 0.512. The van der Waals surface area contributed by atoms with Gasteiger partial charge in [0.1, 0.15) is 5.88 Å². The number of amides is 1. The molecular formula is C14H13ClF6N2O3. The van der Waals surface area contributed by atoms with Gasteiger partial charge in [0.05, 0.1) is 12.2 Å². The van der Waals surface area contributed by atoms with Gasteiger partial charge < -0.3 is 15.4 Å². The number of para-hydroxylation sites is 1. The molecule has 0 radical (unpaired) electrons. The molecule has 1 rings (SSSR count). The number of hydrogen-bond acceptors (Lipinski definition) is 4. The maximum Gasteiger partial charge on any atom is 0.441 e. The third-order valence-electron chi connectivity index (χ3n) is 3.01. The number of anilines is 1. The van der Waals surface area contributed by atoms with Gasteiger partial charge in [0.15, 0.2) is 0 Å². The van der Waals surface area contributed by atoms with Gasteiger partial charge in [-0.1, -0.05) is 12.1 Å². The molecule has 1 aromatic rings. The van der Waals surface area contributed by atoms with Crippen LogP contribution in [0, 0.1) is 0 Å². The van der Waals surface area contributed by atoms with Gasteiger partial charge in [-0.15, -0.1) is 11.6 Å². The summed E-state index contributed by atoms with van der Waals surface area (Å²) >= 11 is 5.16. The van der Waals surface area contributed by atoms with E-state index in [0.29, 0.717) is 12.1 Å². The first-order chi connectivity index (χ1) is 11.9. The Kier molecular flexibility index (Phi) is 6.75. The van der Waals surface area contributed by atoms with E-state index in [1.54, 1.807) is 0 Å². The Morgan fingerprint density at radius 1 is 1.12 bits per heavy atom. The Balaban J connectivity index is 3.56. The highest BCUT2D eigenvalue weighted by Crippen LogP contribution is 2.39. The van der Waals surface area contributed by atoms with Crippen LogP contribution < -0.4 is 10.6 Å². The lowest BCUT2D eigenvalue weighted by Crippen LogP contribution is -2.69. The Morgan fingerprint density at radius 3 is 2.15 bits per heavy atom. The van der Waals surface area contributed by atoms with E-state index in [2.05, 4.69) is 4.74 Å². The number of carbonyl (C=O) groups excluding carboxylic acids is 2. The van der Waals surface area contributed by atoms with Crippen molar-refractivity contribution >= 4 is 29.2 Å². The number of benzene rings is 1. The molecule has 1 aromatic carbocycles. The van der Waals surface area contributed by atoms with Gasteiger partial charge in [-0.2, -0.15) is 26.3 Å². The zero-order valence-electron chi connectivity index (χ0n) is 13.1. The molecular weight excluding hydrogens is 394 g/mol. The van der Waals surface area contributed by atoms with E-state index in [1.165, 1.54) is 17.6 Å². The van der Waals surface area contributed by atoms with E-state index in [4.69, 9.17) is 11.6 Å². The molecule has 2 N–H and O–H groups in total. The molecule has 12 heteroatoms. The minimum atomic E-state index is -5.56. The van der Waals surface area contributed by atoms with Crippen molar-refractivity contribution in [2.45, 2.75) is 24.9 Å². The summed E-state index contributed by atoms with van der Waals surface area (Å²) in [6.45, 7) is 0.669. The van der Waals surface area contributed by atoms with Crippen LogP contribution in [0.25, 0.3) is 0 Å². The monoisotopic (exact) mass is 406 g/mol. The number of esters is 1. The predicted molar refractivity (Wildman–Crippen MR) is 79.3 cm³/mol. The van der Waals surface area contributed by atoms with Gasteiger partial charge in [-0.25, -0.2) is 4.79 Å². The van der Waals surface area contributed by atoms with Crippen molar-refractivity contribution in [1.82, 2.24) is 5.32 Å². The molecule has 5 nitrogen and oxygen atoms in total. The number of alkyl halides is 7. The maximum atomic E-state index is 13.7. The molecule has 0 spiro atoms. The lowest BCUT2D eigenvalue weighted by molar-refractivity contribution is -0.207. The van der Waals surface area contributed by atoms with Crippen molar-refractivity contribution < 1.29 is 40.7 Å². The van der Waals surface area contributed by atoms with Crippen LogP contribution in [-0.4, -0.2) is 36.2 Å². The molecule has 0 saturated heterocycles. The second-order valence-corrected chi connectivity index (χ2v) is 5.09. The number of ether oxygens (including phenoxy) is 1. The van der Waals surface area contributed by atoms with Crippen LogP contribution in [-0.2, 0) is 20.5 Å². The van der Waals surface area contributed by atoms with Gasteiger partial charge in [-0.3, -0.25) is 4.79 Å².